The maximum atomic E-state index is 12.1. The molecule has 3 nitrogen and oxygen atoms in total. The van der Waals surface area contributed by atoms with E-state index in [9.17, 15) is 9.90 Å². The number of aromatic hydroxyl groups is 1. The van der Waals surface area contributed by atoms with Crippen molar-refractivity contribution in [2.24, 2.45) is 5.41 Å². The second-order valence-electron chi connectivity index (χ2n) is 6.08. The highest BCUT2D eigenvalue weighted by molar-refractivity contribution is 6.33. The smallest absolute Gasteiger partial charge is 0.253 e. The molecular weight excluding hydrogens is 262 g/mol. The maximum absolute atomic E-state index is 12.1. The van der Waals surface area contributed by atoms with Crippen LogP contribution >= 0.6 is 11.6 Å². The molecule has 1 aliphatic rings. The lowest BCUT2D eigenvalue weighted by molar-refractivity contribution is 0.0909. The normalized spacial score (nSPS) is 19.1. The molecule has 1 fully saturated rings. The Morgan fingerprint density at radius 1 is 1.37 bits per heavy atom. The van der Waals surface area contributed by atoms with E-state index in [1.165, 1.54) is 18.2 Å². The molecule has 1 aliphatic carbocycles. The second kappa shape index (κ2) is 5.41. The van der Waals surface area contributed by atoms with Crippen molar-refractivity contribution in [2.45, 2.75) is 45.6 Å². The average Bonchev–Trinajstić information content (AvgIpc) is 2.35. The number of hydrogen-bond acceptors (Lipinski definition) is 2. The van der Waals surface area contributed by atoms with Crippen LogP contribution in [-0.2, 0) is 0 Å². The van der Waals surface area contributed by atoms with Gasteiger partial charge in [-0.05, 0) is 49.3 Å². The summed E-state index contributed by atoms with van der Waals surface area (Å²) in [6, 6.07) is 4.63. The first-order valence-corrected chi connectivity index (χ1v) is 7.04. The molecule has 0 unspecified atom stereocenters. The Kier molecular flexibility index (Phi) is 4.04. The van der Waals surface area contributed by atoms with Gasteiger partial charge in [0, 0.05) is 6.04 Å². The van der Waals surface area contributed by atoms with E-state index in [2.05, 4.69) is 19.2 Å². The van der Waals surface area contributed by atoms with Crippen LogP contribution in [0.3, 0.4) is 0 Å². The van der Waals surface area contributed by atoms with Gasteiger partial charge in [0.05, 0.1) is 10.6 Å². The third-order valence-corrected chi connectivity index (χ3v) is 4.20. The second-order valence-corrected chi connectivity index (χ2v) is 6.48. The lowest BCUT2D eigenvalue weighted by atomic mass is 9.75. The lowest BCUT2D eigenvalue weighted by Gasteiger charge is -2.34. The van der Waals surface area contributed by atoms with Crippen molar-refractivity contribution in [2.75, 3.05) is 0 Å². The Hall–Kier alpha value is -1.22. The fourth-order valence-electron chi connectivity index (χ4n) is 2.49. The van der Waals surface area contributed by atoms with Crippen LogP contribution in [0, 0.1) is 5.41 Å². The molecule has 0 atom stereocenters. The molecule has 19 heavy (non-hydrogen) atoms. The lowest BCUT2D eigenvalue weighted by Crippen LogP contribution is -2.39. The molecular formula is C15H20ClNO2. The van der Waals surface area contributed by atoms with Crippen LogP contribution in [-0.4, -0.2) is 17.1 Å². The Bertz CT molecular complexity index is 475. The minimum atomic E-state index is -0.203. The summed E-state index contributed by atoms with van der Waals surface area (Å²) in [5.74, 6) is -0.148. The molecule has 104 valence electrons. The predicted molar refractivity (Wildman–Crippen MR) is 76.6 cm³/mol. The van der Waals surface area contributed by atoms with Gasteiger partial charge in [0.1, 0.15) is 5.75 Å². The number of carbonyl (C=O) groups is 1. The van der Waals surface area contributed by atoms with E-state index in [0.29, 0.717) is 16.0 Å². The van der Waals surface area contributed by atoms with Crippen molar-refractivity contribution in [1.29, 1.82) is 0 Å². The van der Waals surface area contributed by atoms with Crippen LogP contribution in [0.15, 0.2) is 18.2 Å². The highest BCUT2D eigenvalue weighted by atomic mass is 35.5. The number of amides is 1. The Morgan fingerprint density at radius 2 is 2.00 bits per heavy atom. The molecule has 0 aliphatic heterocycles. The molecule has 1 saturated carbocycles. The molecule has 0 spiro atoms. The predicted octanol–water partition coefficient (Wildman–Crippen LogP) is 3.74. The molecule has 0 bridgehead atoms. The molecule has 1 aromatic rings. The highest BCUT2D eigenvalue weighted by Gasteiger charge is 2.28. The van der Waals surface area contributed by atoms with Gasteiger partial charge in [0.15, 0.2) is 0 Å². The van der Waals surface area contributed by atoms with Gasteiger partial charge in [-0.25, -0.2) is 0 Å². The Morgan fingerprint density at radius 3 is 2.63 bits per heavy atom. The van der Waals surface area contributed by atoms with Gasteiger partial charge in [-0.15, -0.1) is 0 Å². The molecule has 0 heterocycles. The summed E-state index contributed by atoms with van der Waals surface area (Å²) in [5, 5.41) is 12.8. The number of carbonyl (C=O) groups excluding carboxylic acids is 1. The largest absolute Gasteiger partial charge is 0.508 e. The molecule has 1 aromatic carbocycles. The average molecular weight is 282 g/mol. The van der Waals surface area contributed by atoms with Crippen LogP contribution in [0.25, 0.3) is 0 Å². The van der Waals surface area contributed by atoms with E-state index >= 15 is 0 Å². The fraction of sp³-hybridized carbons (Fsp3) is 0.533. The zero-order chi connectivity index (χ0) is 14.0. The van der Waals surface area contributed by atoms with Crippen LogP contribution in [0.4, 0.5) is 0 Å². The molecule has 0 saturated heterocycles. The van der Waals surface area contributed by atoms with E-state index in [1.54, 1.807) is 0 Å². The Labute approximate surface area is 119 Å². The summed E-state index contributed by atoms with van der Waals surface area (Å²) in [6.07, 6.45) is 4.22. The number of nitrogens with one attached hydrogen (secondary N) is 1. The first-order valence-electron chi connectivity index (χ1n) is 6.67. The summed E-state index contributed by atoms with van der Waals surface area (Å²) in [4.78, 5) is 12.1. The third kappa shape index (κ3) is 3.63. The minimum Gasteiger partial charge on any atom is -0.508 e. The van der Waals surface area contributed by atoms with Gasteiger partial charge in [-0.2, -0.15) is 0 Å². The number of rotatable bonds is 2. The summed E-state index contributed by atoms with van der Waals surface area (Å²) in [5.41, 5.74) is 0.718. The topological polar surface area (TPSA) is 49.3 Å². The van der Waals surface area contributed by atoms with Crippen molar-refractivity contribution in [3.05, 3.63) is 28.8 Å². The number of phenolic OH excluding ortho intramolecular Hbond substituents is 1. The maximum Gasteiger partial charge on any atom is 0.253 e. The van der Waals surface area contributed by atoms with Gasteiger partial charge in [-0.1, -0.05) is 25.4 Å². The third-order valence-electron chi connectivity index (χ3n) is 3.87. The van der Waals surface area contributed by atoms with Gasteiger partial charge >= 0.3 is 0 Å². The standard InChI is InChI=1S/C15H20ClNO2/c1-15(2)7-5-10(6-8-15)17-14(19)12-9-11(18)3-4-13(12)16/h3-4,9-10,18H,5-8H2,1-2H3,(H,17,19). The molecule has 4 heteroatoms. The molecule has 2 rings (SSSR count). The molecule has 2 N–H and O–H groups in total. The summed E-state index contributed by atoms with van der Waals surface area (Å²) in [7, 11) is 0. The van der Waals surface area contributed by atoms with Crippen molar-refractivity contribution in [3.63, 3.8) is 0 Å². The molecule has 0 radical (unpaired) electrons. The first kappa shape index (κ1) is 14.2. The van der Waals surface area contributed by atoms with Gasteiger partial charge < -0.3 is 10.4 Å². The number of phenols is 1. The molecule has 0 aromatic heterocycles. The first-order chi connectivity index (χ1) is 8.87. The van der Waals surface area contributed by atoms with E-state index in [-0.39, 0.29) is 17.7 Å². The summed E-state index contributed by atoms with van der Waals surface area (Å²) < 4.78 is 0. The summed E-state index contributed by atoms with van der Waals surface area (Å²) >= 11 is 5.98. The van der Waals surface area contributed by atoms with Gasteiger partial charge in [0.2, 0.25) is 0 Å². The number of benzene rings is 1. The van der Waals surface area contributed by atoms with E-state index < -0.39 is 0 Å². The van der Waals surface area contributed by atoms with Gasteiger partial charge in [-0.3, -0.25) is 4.79 Å². The van der Waals surface area contributed by atoms with E-state index in [1.807, 2.05) is 0 Å². The van der Waals surface area contributed by atoms with Crippen LogP contribution in [0.2, 0.25) is 5.02 Å². The van der Waals surface area contributed by atoms with Crippen LogP contribution < -0.4 is 5.32 Å². The van der Waals surface area contributed by atoms with Crippen molar-refractivity contribution in [1.82, 2.24) is 5.32 Å². The van der Waals surface area contributed by atoms with Crippen molar-refractivity contribution >= 4 is 17.5 Å². The Balaban J connectivity index is 2.00. The number of hydrogen-bond donors (Lipinski definition) is 2. The van der Waals surface area contributed by atoms with E-state index in [4.69, 9.17) is 11.6 Å². The molecule has 1 amide bonds. The summed E-state index contributed by atoms with van der Waals surface area (Å²) in [6.45, 7) is 4.52. The van der Waals surface area contributed by atoms with Crippen molar-refractivity contribution < 1.29 is 9.90 Å². The SMILES string of the molecule is CC1(C)CCC(NC(=O)c2cc(O)ccc2Cl)CC1. The van der Waals surface area contributed by atoms with Gasteiger partial charge in [0.25, 0.3) is 5.91 Å². The minimum absolute atomic E-state index is 0.0549. The zero-order valence-corrected chi connectivity index (χ0v) is 12.1. The highest BCUT2D eigenvalue weighted by Crippen LogP contribution is 2.35. The fourth-order valence-corrected chi connectivity index (χ4v) is 2.70. The van der Waals surface area contributed by atoms with Crippen molar-refractivity contribution in [3.8, 4) is 5.75 Å². The monoisotopic (exact) mass is 281 g/mol. The van der Waals surface area contributed by atoms with E-state index in [0.717, 1.165) is 25.7 Å². The zero-order valence-electron chi connectivity index (χ0n) is 11.4. The van der Waals surface area contributed by atoms with Crippen LogP contribution in [0.1, 0.15) is 49.9 Å². The number of halogens is 1. The quantitative estimate of drug-likeness (QED) is 0.867. The van der Waals surface area contributed by atoms with Crippen LogP contribution in [0.5, 0.6) is 5.75 Å².